The molecule has 7 heteroatoms. The molecule has 6 nitrogen and oxygen atoms in total. The number of halogens is 1. The van der Waals surface area contributed by atoms with E-state index in [0.717, 1.165) is 56.9 Å². The van der Waals surface area contributed by atoms with E-state index >= 15 is 0 Å². The Kier molecular flexibility index (Phi) is 9.65. The molecule has 1 aliphatic rings. The number of ether oxygens (including phenoxy) is 2. The lowest BCUT2D eigenvalue weighted by molar-refractivity contribution is 0.0377. The smallest absolute Gasteiger partial charge is 0.188 e. The zero-order valence-electron chi connectivity index (χ0n) is 15.6. The first-order valence-electron chi connectivity index (χ1n) is 9.27. The van der Waals surface area contributed by atoms with Crippen molar-refractivity contribution in [3.63, 3.8) is 0 Å². The number of nitrogens with two attached hydrogens (primary N) is 1. The Morgan fingerprint density at radius 1 is 1.15 bits per heavy atom. The average molecular weight is 484 g/mol. The number of morpholine rings is 1. The van der Waals surface area contributed by atoms with Crippen LogP contribution in [0.5, 0.6) is 5.75 Å². The fourth-order valence-electron chi connectivity index (χ4n) is 3.04. The summed E-state index contributed by atoms with van der Waals surface area (Å²) >= 11 is 0. The molecule has 3 rings (SSSR count). The highest BCUT2D eigenvalue weighted by atomic mass is 127. The summed E-state index contributed by atoms with van der Waals surface area (Å²) in [5, 5.41) is 5.41. The molecule has 0 amide bonds. The highest BCUT2D eigenvalue weighted by molar-refractivity contribution is 14.0. The van der Waals surface area contributed by atoms with Gasteiger partial charge in [-0.1, -0.05) is 36.4 Å². The molecule has 1 heterocycles. The van der Waals surface area contributed by atoms with Crippen LogP contribution < -0.4 is 15.8 Å². The SMILES string of the molecule is I.NC(=NCCCN1CCOCC1)NCCOc1cccc2ccccc12. The molecule has 2 aromatic rings. The third-order valence-electron chi connectivity index (χ3n) is 4.43. The minimum Gasteiger partial charge on any atom is -0.491 e. The van der Waals surface area contributed by atoms with Crippen molar-refractivity contribution >= 4 is 40.7 Å². The molecular weight excluding hydrogens is 455 g/mol. The van der Waals surface area contributed by atoms with Crippen LogP contribution >= 0.6 is 24.0 Å². The van der Waals surface area contributed by atoms with Crippen molar-refractivity contribution < 1.29 is 9.47 Å². The number of nitrogens with zero attached hydrogens (tertiary/aromatic N) is 2. The number of benzene rings is 2. The topological polar surface area (TPSA) is 72.1 Å². The molecule has 0 spiro atoms. The van der Waals surface area contributed by atoms with E-state index in [1.807, 2.05) is 24.3 Å². The van der Waals surface area contributed by atoms with Crippen LogP contribution in [0.15, 0.2) is 47.5 Å². The Hall–Kier alpha value is -1.58. The van der Waals surface area contributed by atoms with E-state index < -0.39 is 0 Å². The molecule has 0 aliphatic carbocycles. The maximum atomic E-state index is 5.91. The first-order chi connectivity index (χ1) is 12.8. The van der Waals surface area contributed by atoms with Gasteiger partial charge in [0.2, 0.25) is 0 Å². The minimum atomic E-state index is 0. The molecule has 3 N–H and O–H groups in total. The lowest BCUT2D eigenvalue weighted by Crippen LogP contribution is -2.37. The second-order valence-electron chi connectivity index (χ2n) is 6.33. The molecule has 1 aliphatic heterocycles. The number of nitrogens with one attached hydrogen (secondary N) is 1. The van der Waals surface area contributed by atoms with Crippen molar-refractivity contribution in [3.8, 4) is 5.75 Å². The summed E-state index contributed by atoms with van der Waals surface area (Å²) in [4.78, 5) is 6.78. The number of fused-ring (bicyclic) bond motifs is 1. The number of aliphatic imine (C=N–C) groups is 1. The van der Waals surface area contributed by atoms with E-state index in [1.54, 1.807) is 0 Å². The fourth-order valence-corrected chi connectivity index (χ4v) is 3.04. The lowest BCUT2D eigenvalue weighted by Gasteiger charge is -2.26. The van der Waals surface area contributed by atoms with Crippen LogP contribution in [-0.4, -0.2) is 63.4 Å². The lowest BCUT2D eigenvalue weighted by atomic mass is 10.1. The summed E-state index contributed by atoms with van der Waals surface area (Å²) in [5.74, 6) is 1.37. The third kappa shape index (κ3) is 7.15. The zero-order chi connectivity index (χ0) is 18.0. The maximum absolute atomic E-state index is 5.91. The second-order valence-corrected chi connectivity index (χ2v) is 6.33. The first kappa shape index (κ1) is 21.7. The predicted molar refractivity (Wildman–Crippen MR) is 121 cm³/mol. The Labute approximate surface area is 178 Å². The molecule has 148 valence electrons. The van der Waals surface area contributed by atoms with Gasteiger partial charge < -0.3 is 20.5 Å². The first-order valence-corrected chi connectivity index (χ1v) is 9.27. The van der Waals surface area contributed by atoms with Gasteiger partial charge in [-0.05, 0) is 17.9 Å². The summed E-state index contributed by atoms with van der Waals surface area (Å²) in [6.45, 7) is 6.66. The van der Waals surface area contributed by atoms with Crippen molar-refractivity contribution in [1.82, 2.24) is 10.2 Å². The van der Waals surface area contributed by atoms with Gasteiger partial charge in [-0.15, -0.1) is 24.0 Å². The Balaban J connectivity index is 0.00000261. The highest BCUT2D eigenvalue weighted by Crippen LogP contribution is 2.24. The number of hydrogen-bond donors (Lipinski definition) is 2. The summed E-state index contributed by atoms with van der Waals surface area (Å²) in [7, 11) is 0. The van der Waals surface area contributed by atoms with Crippen molar-refractivity contribution in [2.75, 3.05) is 52.5 Å². The summed E-state index contributed by atoms with van der Waals surface area (Å²) < 4.78 is 11.2. The van der Waals surface area contributed by atoms with Gasteiger partial charge in [-0.3, -0.25) is 9.89 Å². The van der Waals surface area contributed by atoms with Crippen molar-refractivity contribution in [1.29, 1.82) is 0 Å². The molecule has 1 saturated heterocycles. The van der Waals surface area contributed by atoms with Gasteiger partial charge in [-0.2, -0.15) is 0 Å². The van der Waals surface area contributed by atoms with Gasteiger partial charge in [0.1, 0.15) is 12.4 Å². The largest absolute Gasteiger partial charge is 0.491 e. The molecule has 0 unspecified atom stereocenters. The van der Waals surface area contributed by atoms with Crippen LogP contribution in [0.3, 0.4) is 0 Å². The average Bonchev–Trinajstić information content (AvgIpc) is 2.69. The molecule has 1 fully saturated rings. The standard InChI is InChI=1S/C20H28N4O2.HI/c21-20(22-9-4-11-24-12-15-25-16-13-24)23-10-14-26-19-8-3-6-17-5-1-2-7-18(17)19;/h1-3,5-8H,4,9-16H2,(H3,21,22,23);1H. The van der Waals surface area contributed by atoms with Crippen LogP contribution in [0.25, 0.3) is 10.8 Å². The summed E-state index contributed by atoms with van der Waals surface area (Å²) in [5.41, 5.74) is 5.91. The number of guanidine groups is 1. The van der Waals surface area contributed by atoms with Gasteiger partial charge in [-0.25, -0.2) is 0 Å². The van der Waals surface area contributed by atoms with Crippen LogP contribution in [0.4, 0.5) is 0 Å². The van der Waals surface area contributed by atoms with Gasteiger partial charge in [0, 0.05) is 31.6 Å². The van der Waals surface area contributed by atoms with Crippen molar-refractivity contribution in [3.05, 3.63) is 42.5 Å². The van der Waals surface area contributed by atoms with Crippen LogP contribution in [-0.2, 0) is 4.74 Å². The van der Waals surface area contributed by atoms with E-state index in [4.69, 9.17) is 15.2 Å². The molecule has 0 radical (unpaired) electrons. The highest BCUT2D eigenvalue weighted by Gasteiger charge is 2.08. The van der Waals surface area contributed by atoms with E-state index in [9.17, 15) is 0 Å². The molecule has 27 heavy (non-hydrogen) atoms. The van der Waals surface area contributed by atoms with Crippen LogP contribution in [0.2, 0.25) is 0 Å². The quantitative estimate of drug-likeness (QED) is 0.261. The minimum absolute atomic E-state index is 0. The van der Waals surface area contributed by atoms with Gasteiger partial charge in [0.05, 0.1) is 19.8 Å². The van der Waals surface area contributed by atoms with E-state index in [2.05, 4.69) is 33.4 Å². The predicted octanol–water partition coefficient (Wildman–Crippen LogP) is 2.46. The zero-order valence-corrected chi connectivity index (χ0v) is 17.9. The fraction of sp³-hybridized carbons (Fsp3) is 0.450. The number of hydrogen-bond acceptors (Lipinski definition) is 4. The van der Waals surface area contributed by atoms with Gasteiger partial charge in [0.25, 0.3) is 0 Å². The normalized spacial score (nSPS) is 15.3. The molecule has 0 saturated carbocycles. The summed E-state index contributed by atoms with van der Waals surface area (Å²) in [6, 6.07) is 14.3. The molecule has 0 aromatic heterocycles. The second kappa shape index (κ2) is 12.0. The van der Waals surface area contributed by atoms with Gasteiger partial charge >= 0.3 is 0 Å². The van der Waals surface area contributed by atoms with E-state index in [0.29, 0.717) is 19.1 Å². The number of rotatable bonds is 8. The van der Waals surface area contributed by atoms with Crippen LogP contribution in [0.1, 0.15) is 6.42 Å². The molecular formula is C20H29IN4O2. The van der Waals surface area contributed by atoms with Crippen molar-refractivity contribution in [2.45, 2.75) is 6.42 Å². The Morgan fingerprint density at radius 2 is 1.93 bits per heavy atom. The third-order valence-corrected chi connectivity index (χ3v) is 4.43. The van der Waals surface area contributed by atoms with E-state index in [1.165, 1.54) is 5.39 Å². The maximum Gasteiger partial charge on any atom is 0.188 e. The van der Waals surface area contributed by atoms with E-state index in [-0.39, 0.29) is 24.0 Å². The molecule has 0 bridgehead atoms. The molecule has 2 aromatic carbocycles. The summed E-state index contributed by atoms with van der Waals surface area (Å²) in [6.07, 6.45) is 1.01. The van der Waals surface area contributed by atoms with Crippen LogP contribution in [0, 0.1) is 0 Å². The monoisotopic (exact) mass is 484 g/mol. The van der Waals surface area contributed by atoms with Gasteiger partial charge in [0.15, 0.2) is 5.96 Å². The molecule has 0 atom stereocenters. The Bertz CT molecular complexity index is 715. The van der Waals surface area contributed by atoms with Crippen molar-refractivity contribution in [2.24, 2.45) is 10.7 Å². The Morgan fingerprint density at radius 3 is 2.78 bits per heavy atom.